The largest absolute Gasteiger partial charge is 0.364 e. The molecule has 4 heteroatoms. The minimum atomic E-state index is 0.717. The van der Waals surface area contributed by atoms with E-state index in [1.54, 1.807) is 0 Å². The Morgan fingerprint density at radius 1 is 1.23 bits per heavy atom. The molecule has 1 heterocycles. The topological polar surface area (TPSA) is 39.7 Å². The smallest absolute Gasteiger partial charge is 0.191 e. The van der Waals surface area contributed by atoms with Gasteiger partial charge in [-0.2, -0.15) is 0 Å². The maximum atomic E-state index is 4.71. The average molecular weight is 298 g/mol. The molecule has 0 atom stereocenters. The number of hydrogen-bond acceptors (Lipinski definition) is 2. The van der Waals surface area contributed by atoms with Gasteiger partial charge in [-0.15, -0.1) is 0 Å². The van der Waals surface area contributed by atoms with Gasteiger partial charge < -0.3 is 15.5 Å². The minimum absolute atomic E-state index is 0.717. The lowest BCUT2D eigenvalue weighted by molar-refractivity contribution is 0.739. The SMILES string of the molecule is CCNC(=NCc1cccc(N2CC=CC2)c1)NCC1CC1. The van der Waals surface area contributed by atoms with Crippen LogP contribution in [0.5, 0.6) is 0 Å². The maximum Gasteiger partial charge on any atom is 0.191 e. The van der Waals surface area contributed by atoms with Crippen LogP contribution in [0, 0.1) is 5.92 Å². The van der Waals surface area contributed by atoms with Crippen molar-refractivity contribution in [2.75, 3.05) is 31.1 Å². The van der Waals surface area contributed by atoms with Crippen molar-refractivity contribution in [2.45, 2.75) is 26.3 Å². The van der Waals surface area contributed by atoms with E-state index in [9.17, 15) is 0 Å². The quantitative estimate of drug-likeness (QED) is 0.482. The first-order valence-corrected chi connectivity index (χ1v) is 8.36. The van der Waals surface area contributed by atoms with Gasteiger partial charge in [-0.05, 0) is 43.4 Å². The second-order valence-electron chi connectivity index (χ2n) is 6.07. The summed E-state index contributed by atoms with van der Waals surface area (Å²) in [6.07, 6.45) is 7.16. The van der Waals surface area contributed by atoms with Crippen LogP contribution in [0.25, 0.3) is 0 Å². The molecule has 1 fully saturated rings. The maximum absolute atomic E-state index is 4.71. The van der Waals surface area contributed by atoms with Gasteiger partial charge in [-0.1, -0.05) is 24.3 Å². The van der Waals surface area contributed by atoms with Gasteiger partial charge in [-0.25, -0.2) is 4.99 Å². The fraction of sp³-hybridized carbons (Fsp3) is 0.500. The number of nitrogens with zero attached hydrogens (tertiary/aromatic N) is 2. The van der Waals surface area contributed by atoms with Crippen molar-refractivity contribution in [2.24, 2.45) is 10.9 Å². The molecule has 1 aliphatic heterocycles. The zero-order chi connectivity index (χ0) is 15.2. The van der Waals surface area contributed by atoms with E-state index in [4.69, 9.17) is 4.99 Å². The number of nitrogens with one attached hydrogen (secondary N) is 2. The standard InChI is InChI=1S/C18H26N4/c1-2-19-18(20-13-15-8-9-15)21-14-16-6-5-7-17(12-16)22-10-3-4-11-22/h3-7,12,15H,2,8-11,13-14H2,1H3,(H2,19,20,21). The molecule has 1 aromatic carbocycles. The van der Waals surface area contributed by atoms with E-state index in [2.05, 4.69) is 58.9 Å². The molecule has 1 aromatic rings. The molecule has 1 saturated carbocycles. The number of aliphatic imine (C=N–C) groups is 1. The van der Waals surface area contributed by atoms with E-state index in [-0.39, 0.29) is 0 Å². The van der Waals surface area contributed by atoms with Crippen molar-refractivity contribution in [3.8, 4) is 0 Å². The van der Waals surface area contributed by atoms with Crippen molar-refractivity contribution in [1.82, 2.24) is 10.6 Å². The summed E-state index contributed by atoms with van der Waals surface area (Å²) in [5.41, 5.74) is 2.54. The van der Waals surface area contributed by atoms with Crippen LogP contribution in [0.2, 0.25) is 0 Å². The third kappa shape index (κ3) is 4.26. The number of hydrogen-bond donors (Lipinski definition) is 2. The highest BCUT2D eigenvalue weighted by atomic mass is 15.2. The lowest BCUT2D eigenvalue weighted by atomic mass is 10.2. The zero-order valence-corrected chi connectivity index (χ0v) is 13.4. The van der Waals surface area contributed by atoms with E-state index < -0.39 is 0 Å². The van der Waals surface area contributed by atoms with E-state index >= 15 is 0 Å². The highest BCUT2D eigenvalue weighted by Gasteiger charge is 2.21. The molecule has 2 aliphatic rings. The first kappa shape index (κ1) is 14.9. The zero-order valence-electron chi connectivity index (χ0n) is 13.4. The summed E-state index contributed by atoms with van der Waals surface area (Å²) in [7, 11) is 0. The molecule has 0 spiro atoms. The minimum Gasteiger partial charge on any atom is -0.364 e. The lowest BCUT2D eigenvalue weighted by Crippen LogP contribution is -2.38. The van der Waals surface area contributed by atoms with Crippen LogP contribution in [0.4, 0.5) is 5.69 Å². The fourth-order valence-corrected chi connectivity index (χ4v) is 2.62. The number of benzene rings is 1. The van der Waals surface area contributed by atoms with Crippen molar-refractivity contribution in [1.29, 1.82) is 0 Å². The van der Waals surface area contributed by atoms with Crippen molar-refractivity contribution < 1.29 is 0 Å². The summed E-state index contributed by atoms with van der Waals surface area (Å²) >= 11 is 0. The highest BCUT2D eigenvalue weighted by molar-refractivity contribution is 5.79. The third-order valence-corrected chi connectivity index (χ3v) is 4.11. The predicted molar refractivity (Wildman–Crippen MR) is 93.3 cm³/mol. The van der Waals surface area contributed by atoms with Crippen LogP contribution in [-0.2, 0) is 6.54 Å². The first-order valence-electron chi connectivity index (χ1n) is 8.36. The molecule has 3 rings (SSSR count). The normalized spacial score (nSPS) is 17.9. The van der Waals surface area contributed by atoms with E-state index in [0.717, 1.165) is 44.6 Å². The van der Waals surface area contributed by atoms with Gasteiger partial charge in [-0.3, -0.25) is 0 Å². The fourth-order valence-electron chi connectivity index (χ4n) is 2.62. The van der Waals surface area contributed by atoms with Crippen LogP contribution in [0.1, 0.15) is 25.3 Å². The summed E-state index contributed by atoms with van der Waals surface area (Å²) in [5, 5.41) is 6.77. The predicted octanol–water partition coefficient (Wildman–Crippen LogP) is 2.53. The summed E-state index contributed by atoms with van der Waals surface area (Å²) < 4.78 is 0. The van der Waals surface area contributed by atoms with Gasteiger partial charge in [0.05, 0.1) is 6.54 Å². The Morgan fingerprint density at radius 2 is 2.05 bits per heavy atom. The Labute approximate surface area is 133 Å². The molecule has 0 bridgehead atoms. The molecule has 22 heavy (non-hydrogen) atoms. The van der Waals surface area contributed by atoms with Crippen LogP contribution in [-0.4, -0.2) is 32.1 Å². The molecule has 118 valence electrons. The summed E-state index contributed by atoms with van der Waals surface area (Å²) in [4.78, 5) is 7.08. The molecular weight excluding hydrogens is 272 g/mol. The van der Waals surface area contributed by atoms with Crippen LogP contribution >= 0.6 is 0 Å². The number of anilines is 1. The van der Waals surface area contributed by atoms with Gasteiger partial charge >= 0.3 is 0 Å². The Balaban J connectivity index is 1.59. The van der Waals surface area contributed by atoms with Crippen LogP contribution in [0.15, 0.2) is 41.4 Å². The average Bonchev–Trinajstić information content (AvgIpc) is 3.21. The van der Waals surface area contributed by atoms with Crippen molar-refractivity contribution in [3.05, 3.63) is 42.0 Å². The molecule has 0 radical (unpaired) electrons. The summed E-state index contributed by atoms with van der Waals surface area (Å²) in [6, 6.07) is 8.71. The van der Waals surface area contributed by atoms with Gasteiger partial charge in [0.25, 0.3) is 0 Å². The van der Waals surface area contributed by atoms with E-state index in [1.165, 1.54) is 24.1 Å². The highest BCUT2D eigenvalue weighted by Crippen LogP contribution is 2.27. The summed E-state index contributed by atoms with van der Waals surface area (Å²) in [6.45, 7) is 6.79. The van der Waals surface area contributed by atoms with Gasteiger partial charge in [0.15, 0.2) is 5.96 Å². The monoisotopic (exact) mass is 298 g/mol. The number of guanidine groups is 1. The number of rotatable bonds is 6. The molecule has 0 unspecified atom stereocenters. The van der Waals surface area contributed by atoms with Gasteiger partial charge in [0.2, 0.25) is 0 Å². The lowest BCUT2D eigenvalue weighted by Gasteiger charge is -2.18. The Morgan fingerprint density at radius 3 is 2.77 bits per heavy atom. The molecule has 0 saturated heterocycles. The second-order valence-corrected chi connectivity index (χ2v) is 6.07. The Hall–Kier alpha value is -1.97. The molecule has 0 amide bonds. The molecule has 2 N–H and O–H groups in total. The third-order valence-electron chi connectivity index (χ3n) is 4.11. The van der Waals surface area contributed by atoms with Crippen molar-refractivity contribution >= 4 is 11.6 Å². The van der Waals surface area contributed by atoms with Crippen LogP contribution in [0.3, 0.4) is 0 Å². The van der Waals surface area contributed by atoms with Crippen molar-refractivity contribution in [3.63, 3.8) is 0 Å². The Kier molecular flexibility index (Phi) is 4.99. The Bertz CT molecular complexity index is 538. The van der Waals surface area contributed by atoms with Gasteiger partial charge in [0.1, 0.15) is 0 Å². The van der Waals surface area contributed by atoms with Gasteiger partial charge in [0, 0.05) is 31.9 Å². The molecular formula is C18H26N4. The second kappa shape index (κ2) is 7.34. The molecule has 1 aliphatic carbocycles. The van der Waals surface area contributed by atoms with E-state index in [1.807, 2.05) is 0 Å². The summed E-state index contributed by atoms with van der Waals surface area (Å²) in [5.74, 6) is 1.79. The molecule has 4 nitrogen and oxygen atoms in total. The first-order chi connectivity index (χ1) is 10.8. The molecule has 0 aromatic heterocycles. The van der Waals surface area contributed by atoms with E-state index in [0.29, 0.717) is 0 Å². The van der Waals surface area contributed by atoms with Crippen LogP contribution < -0.4 is 15.5 Å².